The van der Waals surface area contributed by atoms with Crippen molar-refractivity contribution in [3.8, 4) is 0 Å². The highest BCUT2D eigenvalue weighted by atomic mass is 79.9. The van der Waals surface area contributed by atoms with Gasteiger partial charge in [0.2, 0.25) is 0 Å². The minimum Gasteiger partial charge on any atom is -0.354 e. The van der Waals surface area contributed by atoms with E-state index in [0.29, 0.717) is 11.6 Å². The maximum Gasteiger partial charge on any atom is 0.147 e. The molecular weight excluding hydrogens is 265 g/mol. The molecule has 0 saturated carbocycles. The van der Waals surface area contributed by atoms with Crippen molar-refractivity contribution in [1.82, 2.24) is 4.98 Å². The monoisotopic (exact) mass is 277 g/mol. The average Bonchev–Trinajstić information content (AvgIpc) is 2.15. The topological polar surface area (TPSA) is 42.1 Å². The molecule has 0 fully saturated rings. The Morgan fingerprint density at radius 2 is 2.36 bits per heavy atom. The Bertz CT molecular complexity index is 319. The van der Waals surface area contributed by atoms with E-state index in [9.17, 15) is 0 Å². The zero-order valence-corrected chi connectivity index (χ0v) is 10.5. The second kappa shape index (κ2) is 4.96. The molecule has 14 heavy (non-hydrogen) atoms. The summed E-state index contributed by atoms with van der Waals surface area (Å²) in [6, 6.07) is 2.05. The third-order valence-electron chi connectivity index (χ3n) is 2.12. The Labute approximate surface area is 97.4 Å². The molecule has 0 amide bonds. The maximum absolute atomic E-state index is 6.05. The lowest BCUT2D eigenvalue weighted by molar-refractivity contribution is 0.687. The maximum atomic E-state index is 6.05. The summed E-state index contributed by atoms with van der Waals surface area (Å²) < 4.78 is 0.875. The molecule has 0 aliphatic heterocycles. The van der Waals surface area contributed by atoms with E-state index in [-0.39, 0.29) is 6.04 Å². The van der Waals surface area contributed by atoms with E-state index < -0.39 is 0 Å². The number of hydrogen-bond donors (Lipinski definition) is 1. The molecule has 1 unspecified atom stereocenters. The molecule has 0 aliphatic carbocycles. The quantitative estimate of drug-likeness (QED) is 0.922. The first-order valence-corrected chi connectivity index (χ1v) is 5.47. The molecule has 2 N–H and O–H groups in total. The molecule has 5 heteroatoms. The molecule has 0 saturated heterocycles. The number of rotatable bonds is 3. The highest BCUT2D eigenvalue weighted by Crippen LogP contribution is 2.26. The molecule has 78 valence electrons. The van der Waals surface area contributed by atoms with Crippen LogP contribution in [0.5, 0.6) is 0 Å². The van der Waals surface area contributed by atoms with Gasteiger partial charge in [-0.2, -0.15) is 0 Å². The van der Waals surface area contributed by atoms with Gasteiger partial charge in [-0.15, -0.1) is 0 Å². The van der Waals surface area contributed by atoms with Gasteiger partial charge in [-0.3, -0.25) is 0 Å². The first kappa shape index (κ1) is 11.8. The Hall–Kier alpha value is -0.320. The molecular formula is C9H13BrClN3. The first-order chi connectivity index (χ1) is 6.56. The van der Waals surface area contributed by atoms with Gasteiger partial charge in [0.25, 0.3) is 0 Å². The third kappa shape index (κ3) is 2.59. The van der Waals surface area contributed by atoms with Gasteiger partial charge in [0, 0.05) is 30.3 Å². The summed E-state index contributed by atoms with van der Waals surface area (Å²) in [5, 5.41) is 0.627. The molecule has 1 rings (SSSR count). The van der Waals surface area contributed by atoms with Gasteiger partial charge in [-0.05, 0) is 28.9 Å². The highest BCUT2D eigenvalue weighted by molar-refractivity contribution is 9.10. The number of aromatic nitrogens is 1. The largest absolute Gasteiger partial charge is 0.354 e. The van der Waals surface area contributed by atoms with Crippen molar-refractivity contribution in [2.45, 2.75) is 13.0 Å². The van der Waals surface area contributed by atoms with E-state index >= 15 is 0 Å². The zero-order chi connectivity index (χ0) is 10.7. The minimum atomic E-state index is 0.223. The van der Waals surface area contributed by atoms with Crippen molar-refractivity contribution in [2.75, 3.05) is 18.5 Å². The van der Waals surface area contributed by atoms with Crippen molar-refractivity contribution >= 4 is 33.3 Å². The van der Waals surface area contributed by atoms with Crippen LogP contribution in [0.2, 0.25) is 5.02 Å². The lowest BCUT2D eigenvalue weighted by Gasteiger charge is -2.25. The van der Waals surface area contributed by atoms with Crippen molar-refractivity contribution in [2.24, 2.45) is 5.73 Å². The minimum absolute atomic E-state index is 0.223. The molecule has 0 aliphatic rings. The SMILES string of the molecule is CC(CN)N(C)c1ncc(Br)cc1Cl. The second-order valence-electron chi connectivity index (χ2n) is 3.15. The number of nitrogens with zero attached hydrogens (tertiary/aromatic N) is 2. The summed E-state index contributed by atoms with van der Waals surface area (Å²) in [6.45, 7) is 2.60. The van der Waals surface area contributed by atoms with E-state index in [2.05, 4.69) is 20.9 Å². The summed E-state index contributed by atoms with van der Waals surface area (Å²) >= 11 is 9.36. The van der Waals surface area contributed by atoms with Crippen LogP contribution in [0.3, 0.4) is 0 Å². The number of nitrogens with two attached hydrogens (primary N) is 1. The fraction of sp³-hybridized carbons (Fsp3) is 0.444. The van der Waals surface area contributed by atoms with Crippen molar-refractivity contribution < 1.29 is 0 Å². The van der Waals surface area contributed by atoms with E-state index in [1.54, 1.807) is 6.20 Å². The summed E-state index contributed by atoms with van der Waals surface area (Å²) in [5.41, 5.74) is 5.57. The van der Waals surface area contributed by atoms with Crippen LogP contribution in [0.4, 0.5) is 5.82 Å². The summed E-state index contributed by atoms with van der Waals surface area (Å²) in [5.74, 6) is 0.757. The van der Waals surface area contributed by atoms with Crippen LogP contribution in [-0.4, -0.2) is 24.6 Å². The van der Waals surface area contributed by atoms with Crippen molar-refractivity contribution in [3.63, 3.8) is 0 Å². The summed E-state index contributed by atoms with van der Waals surface area (Å²) in [6.07, 6.45) is 1.72. The van der Waals surface area contributed by atoms with Crippen molar-refractivity contribution in [1.29, 1.82) is 0 Å². The van der Waals surface area contributed by atoms with E-state index in [0.717, 1.165) is 10.3 Å². The summed E-state index contributed by atoms with van der Waals surface area (Å²) in [7, 11) is 1.93. The number of anilines is 1. The molecule has 1 aromatic rings. The van der Waals surface area contributed by atoms with Crippen LogP contribution in [0.15, 0.2) is 16.7 Å². The predicted octanol–water partition coefficient (Wildman–Crippen LogP) is 2.28. The Kier molecular flexibility index (Phi) is 4.16. The standard InChI is InChI=1S/C9H13BrClN3/c1-6(4-12)14(2)9-8(11)3-7(10)5-13-9/h3,5-6H,4,12H2,1-2H3. The van der Waals surface area contributed by atoms with Gasteiger partial charge < -0.3 is 10.6 Å². The molecule has 1 atom stereocenters. The van der Waals surface area contributed by atoms with Crippen LogP contribution in [0.1, 0.15) is 6.92 Å². The number of likely N-dealkylation sites (N-methyl/N-ethyl adjacent to an activating group) is 1. The van der Waals surface area contributed by atoms with Crippen LogP contribution in [0.25, 0.3) is 0 Å². The second-order valence-corrected chi connectivity index (χ2v) is 4.48. The molecule has 1 aromatic heterocycles. The molecule has 3 nitrogen and oxygen atoms in total. The molecule has 1 heterocycles. The van der Waals surface area contributed by atoms with E-state index in [1.165, 1.54) is 0 Å². The van der Waals surface area contributed by atoms with Gasteiger partial charge in [0.1, 0.15) is 5.82 Å². The van der Waals surface area contributed by atoms with E-state index in [4.69, 9.17) is 17.3 Å². The van der Waals surface area contributed by atoms with Crippen LogP contribution >= 0.6 is 27.5 Å². The van der Waals surface area contributed by atoms with Crippen molar-refractivity contribution in [3.05, 3.63) is 21.8 Å². The van der Waals surface area contributed by atoms with Gasteiger partial charge in [-0.1, -0.05) is 11.6 Å². The fourth-order valence-corrected chi connectivity index (χ4v) is 1.80. The smallest absolute Gasteiger partial charge is 0.147 e. The lowest BCUT2D eigenvalue weighted by Crippen LogP contribution is -2.35. The molecule has 0 spiro atoms. The summed E-state index contributed by atoms with van der Waals surface area (Å²) in [4.78, 5) is 6.21. The zero-order valence-electron chi connectivity index (χ0n) is 8.17. The van der Waals surface area contributed by atoms with Gasteiger partial charge in [0.05, 0.1) is 5.02 Å². The number of hydrogen-bond acceptors (Lipinski definition) is 3. The van der Waals surface area contributed by atoms with Crippen LogP contribution in [-0.2, 0) is 0 Å². The highest BCUT2D eigenvalue weighted by Gasteiger charge is 2.12. The lowest BCUT2D eigenvalue weighted by atomic mass is 10.3. The van der Waals surface area contributed by atoms with Crippen LogP contribution < -0.4 is 10.6 Å². The number of pyridine rings is 1. The molecule has 0 radical (unpaired) electrons. The van der Waals surface area contributed by atoms with Gasteiger partial charge in [0.15, 0.2) is 0 Å². The van der Waals surface area contributed by atoms with E-state index in [1.807, 2.05) is 24.9 Å². The normalized spacial score (nSPS) is 12.6. The Morgan fingerprint density at radius 1 is 1.71 bits per heavy atom. The predicted molar refractivity (Wildman–Crippen MR) is 63.9 cm³/mol. The fourth-order valence-electron chi connectivity index (χ4n) is 1.03. The third-order valence-corrected chi connectivity index (χ3v) is 2.84. The molecule has 0 aromatic carbocycles. The van der Waals surface area contributed by atoms with Gasteiger partial charge >= 0.3 is 0 Å². The van der Waals surface area contributed by atoms with Crippen LogP contribution in [0, 0.1) is 0 Å². The Balaban J connectivity index is 2.95. The number of halogens is 2. The Morgan fingerprint density at radius 3 is 2.86 bits per heavy atom. The molecule has 0 bridgehead atoms. The average molecular weight is 279 g/mol. The van der Waals surface area contributed by atoms with Gasteiger partial charge in [-0.25, -0.2) is 4.98 Å². The first-order valence-electron chi connectivity index (χ1n) is 4.30.